The van der Waals surface area contributed by atoms with E-state index in [4.69, 9.17) is 10.5 Å². The number of hydrogen-bond donors (Lipinski definition) is 1. The molecule has 0 amide bonds. The number of nitrogens with zero attached hydrogens (tertiary/aromatic N) is 2. The second-order valence-corrected chi connectivity index (χ2v) is 5.23. The average molecular weight is 279 g/mol. The van der Waals surface area contributed by atoms with Crippen molar-refractivity contribution in [3.05, 3.63) is 28.3 Å². The number of nitro groups is 1. The Kier molecular flexibility index (Phi) is 4.44. The molecule has 1 saturated heterocycles. The van der Waals surface area contributed by atoms with Crippen molar-refractivity contribution in [3.63, 3.8) is 0 Å². The highest BCUT2D eigenvalue weighted by atomic mass is 16.6. The van der Waals surface area contributed by atoms with Crippen LogP contribution in [-0.2, 0) is 0 Å². The van der Waals surface area contributed by atoms with Crippen LogP contribution in [0.4, 0.5) is 11.4 Å². The lowest BCUT2D eigenvalue weighted by Crippen LogP contribution is -2.29. The number of nitro benzene ring substituents is 1. The van der Waals surface area contributed by atoms with Crippen molar-refractivity contribution in [2.75, 3.05) is 24.6 Å². The molecule has 0 bridgehead atoms. The van der Waals surface area contributed by atoms with Crippen LogP contribution in [0.3, 0.4) is 0 Å². The lowest BCUT2D eigenvalue weighted by molar-refractivity contribution is -0.384. The Balaban J connectivity index is 2.24. The molecule has 110 valence electrons. The first kappa shape index (κ1) is 14.6. The lowest BCUT2D eigenvalue weighted by atomic mass is 10.0. The van der Waals surface area contributed by atoms with Gasteiger partial charge in [0.15, 0.2) is 0 Å². The highest BCUT2D eigenvalue weighted by Crippen LogP contribution is 2.32. The minimum absolute atomic E-state index is 0.0650. The summed E-state index contributed by atoms with van der Waals surface area (Å²) >= 11 is 0. The van der Waals surface area contributed by atoms with Crippen LogP contribution < -0.4 is 15.4 Å². The smallest absolute Gasteiger partial charge is 0.275 e. The Labute approximate surface area is 118 Å². The minimum atomic E-state index is -0.384. The number of anilines is 1. The molecule has 20 heavy (non-hydrogen) atoms. The molecule has 1 heterocycles. The molecule has 0 saturated carbocycles. The quantitative estimate of drug-likeness (QED) is 0.660. The molecule has 1 fully saturated rings. The molecule has 1 aliphatic heterocycles. The Morgan fingerprint density at radius 3 is 2.85 bits per heavy atom. The SMILES string of the molecule is CCOc1cc(N2CCC(C(C)N)C2)cc([N+](=O)[O-])c1. The zero-order valence-corrected chi connectivity index (χ0v) is 11.9. The maximum Gasteiger partial charge on any atom is 0.275 e. The van der Waals surface area contributed by atoms with Gasteiger partial charge >= 0.3 is 0 Å². The summed E-state index contributed by atoms with van der Waals surface area (Å²) in [6.45, 7) is 6.07. The van der Waals surface area contributed by atoms with Crippen molar-refractivity contribution < 1.29 is 9.66 Å². The van der Waals surface area contributed by atoms with E-state index < -0.39 is 0 Å². The fourth-order valence-corrected chi connectivity index (χ4v) is 2.56. The fourth-order valence-electron chi connectivity index (χ4n) is 2.56. The van der Waals surface area contributed by atoms with Crippen LogP contribution in [0.5, 0.6) is 5.75 Å². The van der Waals surface area contributed by atoms with Crippen molar-refractivity contribution in [1.82, 2.24) is 0 Å². The first-order valence-corrected chi connectivity index (χ1v) is 6.94. The van der Waals surface area contributed by atoms with Gasteiger partial charge < -0.3 is 15.4 Å². The predicted molar refractivity (Wildman–Crippen MR) is 78.2 cm³/mol. The third kappa shape index (κ3) is 3.19. The first-order valence-electron chi connectivity index (χ1n) is 6.94. The standard InChI is InChI=1S/C14H21N3O3/c1-3-20-14-7-12(6-13(8-14)17(18)19)16-5-4-11(9-16)10(2)15/h6-8,10-11H,3-5,9,15H2,1-2H3. The monoisotopic (exact) mass is 279 g/mol. The van der Waals surface area contributed by atoms with Crippen LogP contribution in [0.25, 0.3) is 0 Å². The van der Waals surface area contributed by atoms with E-state index in [1.54, 1.807) is 6.07 Å². The van der Waals surface area contributed by atoms with Crippen LogP contribution in [0.2, 0.25) is 0 Å². The molecule has 2 rings (SSSR count). The number of rotatable bonds is 5. The van der Waals surface area contributed by atoms with Crippen molar-refractivity contribution >= 4 is 11.4 Å². The van der Waals surface area contributed by atoms with Crippen molar-refractivity contribution in [2.45, 2.75) is 26.3 Å². The number of nitrogens with two attached hydrogens (primary N) is 1. The summed E-state index contributed by atoms with van der Waals surface area (Å²) in [5.74, 6) is 0.978. The summed E-state index contributed by atoms with van der Waals surface area (Å²) in [7, 11) is 0. The van der Waals surface area contributed by atoms with Gasteiger partial charge in [-0.15, -0.1) is 0 Å². The van der Waals surface area contributed by atoms with Gasteiger partial charge in [0.1, 0.15) is 5.75 Å². The minimum Gasteiger partial charge on any atom is -0.494 e. The highest BCUT2D eigenvalue weighted by molar-refractivity contribution is 5.58. The van der Waals surface area contributed by atoms with Crippen LogP contribution >= 0.6 is 0 Å². The number of ether oxygens (including phenoxy) is 1. The van der Waals surface area contributed by atoms with E-state index in [2.05, 4.69) is 4.90 Å². The second kappa shape index (κ2) is 6.09. The van der Waals surface area contributed by atoms with Gasteiger partial charge in [-0.25, -0.2) is 0 Å². The number of benzene rings is 1. The Morgan fingerprint density at radius 2 is 2.30 bits per heavy atom. The molecule has 1 aliphatic rings. The summed E-state index contributed by atoms with van der Waals surface area (Å²) in [5, 5.41) is 11.0. The van der Waals surface area contributed by atoms with Crippen molar-refractivity contribution in [1.29, 1.82) is 0 Å². The van der Waals surface area contributed by atoms with E-state index in [0.29, 0.717) is 18.3 Å². The highest BCUT2D eigenvalue weighted by Gasteiger charge is 2.26. The van der Waals surface area contributed by atoms with E-state index >= 15 is 0 Å². The van der Waals surface area contributed by atoms with E-state index in [0.717, 1.165) is 25.2 Å². The van der Waals surface area contributed by atoms with Gasteiger partial charge in [0.05, 0.1) is 17.6 Å². The third-order valence-electron chi connectivity index (χ3n) is 3.73. The van der Waals surface area contributed by atoms with Gasteiger partial charge in [0, 0.05) is 37.0 Å². The van der Waals surface area contributed by atoms with Gasteiger partial charge in [-0.3, -0.25) is 10.1 Å². The molecule has 0 aromatic heterocycles. The van der Waals surface area contributed by atoms with Gasteiger partial charge in [-0.1, -0.05) is 0 Å². The van der Waals surface area contributed by atoms with Crippen LogP contribution in [0, 0.1) is 16.0 Å². The van der Waals surface area contributed by atoms with E-state index in [1.807, 2.05) is 19.9 Å². The number of hydrogen-bond acceptors (Lipinski definition) is 5. The molecule has 6 heteroatoms. The molecule has 6 nitrogen and oxygen atoms in total. The maximum atomic E-state index is 11.0. The van der Waals surface area contributed by atoms with Gasteiger partial charge in [0.25, 0.3) is 5.69 Å². The largest absolute Gasteiger partial charge is 0.494 e. The predicted octanol–water partition coefficient (Wildman–Crippen LogP) is 2.17. The molecular weight excluding hydrogens is 258 g/mol. The normalized spacial score (nSPS) is 19.9. The molecule has 2 atom stereocenters. The molecule has 0 aliphatic carbocycles. The summed E-state index contributed by atoms with van der Waals surface area (Å²) in [4.78, 5) is 12.8. The Morgan fingerprint density at radius 1 is 1.55 bits per heavy atom. The average Bonchev–Trinajstić information content (AvgIpc) is 2.88. The van der Waals surface area contributed by atoms with Crippen LogP contribution in [0.15, 0.2) is 18.2 Å². The second-order valence-electron chi connectivity index (χ2n) is 5.23. The molecule has 0 radical (unpaired) electrons. The third-order valence-corrected chi connectivity index (χ3v) is 3.73. The van der Waals surface area contributed by atoms with Crippen molar-refractivity contribution in [3.8, 4) is 5.75 Å². The van der Waals surface area contributed by atoms with Gasteiger partial charge in [-0.2, -0.15) is 0 Å². The Bertz CT molecular complexity index is 491. The summed E-state index contributed by atoms with van der Waals surface area (Å²) in [6.07, 6.45) is 1.02. The zero-order chi connectivity index (χ0) is 14.7. The van der Waals surface area contributed by atoms with Gasteiger partial charge in [0.2, 0.25) is 0 Å². The molecule has 1 aromatic rings. The first-order chi connectivity index (χ1) is 9.51. The van der Waals surface area contributed by atoms with E-state index in [9.17, 15) is 10.1 Å². The van der Waals surface area contributed by atoms with Gasteiger partial charge in [-0.05, 0) is 26.2 Å². The van der Waals surface area contributed by atoms with E-state index in [-0.39, 0.29) is 16.7 Å². The fraction of sp³-hybridized carbons (Fsp3) is 0.571. The summed E-state index contributed by atoms with van der Waals surface area (Å²) in [6, 6.07) is 5.07. The number of non-ortho nitro benzene ring substituents is 1. The molecular formula is C14H21N3O3. The topological polar surface area (TPSA) is 81.6 Å². The molecule has 1 aromatic carbocycles. The summed E-state index contributed by atoms with van der Waals surface area (Å²) in [5.41, 5.74) is 6.84. The van der Waals surface area contributed by atoms with Crippen LogP contribution in [0.1, 0.15) is 20.3 Å². The molecule has 0 spiro atoms. The maximum absolute atomic E-state index is 11.0. The lowest BCUT2D eigenvalue weighted by Gasteiger charge is -2.20. The Hall–Kier alpha value is -1.82. The van der Waals surface area contributed by atoms with Crippen LogP contribution in [-0.4, -0.2) is 30.7 Å². The van der Waals surface area contributed by atoms with Crippen molar-refractivity contribution in [2.24, 2.45) is 11.7 Å². The van der Waals surface area contributed by atoms with E-state index in [1.165, 1.54) is 6.07 Å². The summed E-state index contributed by atoms with van der Waals surface area (Å²) < 4.78 is 5.42. The molecule has 2 unspecified atom stereocenters. The zero-order valence-electron chi connectivity index (χ0n) is 11.9. The molecule has 2 N–H and O–H groups in total.